The molecule has 0 heterocycles. The van der Waals surface area contributed by atoms with E-state index in [2.05, 4.69) is 18.7 Å². The van der Waals surface area contributed by atoms with Crippen molar-refractivity contribution in [2.24, 2.45) is 0 Å². The highest BCUT2D eigenvalue weighted by atomic mass is 16.4. The second-order valence-electron chi connectivity index (χ2n) is 7.20. The van der Waals surface area contributed by atoms with Crippen molar-refractivity contribution in [3.05, 3.63) is 112 Å². The van der Waals surface area contributed by atoms with E-state index in [4.69, 9.17) is 0 Å². The molecule has 3 aromatic carbocycles. The molecule has 3 nitrogen and oxygen atoms in total. The maximum atomic E-state index is 11.7. The molecule has 0 aliphatic carbocycles. The number of carboxylic acids is 1. The average molecular weight is 396 g/mol. The van der Waals surface area contributed by atoms with Gasteiger partial charge in [0, 0.05) is 19.8 Å². The second-order valence-corrected chi connectivity index (χ2v) is 7.20. The lowest BCUT2D eigenvalue weighted by molar-refractivity contribution is 0.0696. The number of benzene rings is 3. The summed E-state index contributed by atoms with van der Waals surface area (Å²) in [4.78, 5) is 13.8. The molecule has 1 N–H and O–H groups in total. The Balaban J connectivity index is 2.04. The molecule has 30 heavy (non-hydrogen) atoms. The van der Waals surface area contributed by atoms with Gasteiger partial charge in [0.2, 0.25) is 0 Å². The Morgan fingerprint density at radius 3 is 2.13 bits per heavy atom. The van der Waals surface area contributed by atoms with E-state index < -0.39 is 5.97 Å². The zero-order valence-electron chi connectivity index (χ0n) is 17.2. The fraction of sp³-hybridized carbons (Fsp3) is 0.0741. The van der Waals surface area contributed by atoms with Crippen LogP contribution in [0.3, 0.4) is 0 Å². The summed E-state index contributed by atoms with van der Waals surface area (Å²) in [5, 5.41) is 11.6. The fourth-order valence-electron chi connectivity index (χ4n) is 3.04. The minimum atomic E-state index is -0.943. The minimum absolute atomic E-state index is 0.276. The molecule has 0 aromatic heterocycles. The smallest absolute Gasteiger partial charge is 0.336 e. The highest BCUT2D eigenvalue weighted by molar-refractivity contribution is 5.97. The summed E-state index contributed by atoms with van der Waals surface area (Å²) in [5.41, 5.74) is 3.94. The Kier molecular flexibility index (Phi) is 6.66. The quantitative estimate of drug-likeness (QED) is 0.628. The number of carbonyl (C=O) groups is 1. The Bertz CT molecular complexity index is 1180. The summed E-state index contributed by atoms with van der Waals surface area (Å²) in [6, 6.07) is 23.1. The van der Waals surface area contributed by atoms with Crippen molar-refractivity contribution in [3.63, 3.8) is 0 Å². The lowest BCUT2D eigenvalue weighted by Crippen LogP contribution is -2.07. The summed E-state index contributed by atoms with van der Waals surface area (Å²) in [7, 11) is 4.01. The van der Waals surface area contributed by atoms with E-state index in [1.54, 1.807) is 12.1 Å². The number of hydrogen-bond donors (Lipinski definition) is 1. The first-order chi connectivity index (χ1) is 14.4. The molecule has 3 heteroatoms. The van der Waals surface area contributed by atoms with Crippen LogP contribution in [-0.2, 0) is 0 Å². The van der Waals surface area contributed by atoms with E-state index in [1.807, 2.05) is 91.8 Å². The molecule has 0 radical (unpaired) electrons. The molecule has 0 bridgehead atoms. The van der Waals surface area contributed by atoms with Gasteiger partial charge in [0.25, 0.3) is 0 Å². The average Bonchev–Trinajstić information content (AvgIpc) is 2.75. The van der Waals surface area contributed by atoms with E-state index in [1.165, 1.54) is 0 Å². The molecular weight excluding hydrogens is 370 g/mol. The van der Waals surface area contributed by atoms with Gasteiger partial charge in [-0.2, -0.15) is 0 Å². The van der Waals surface area contributed by atoms with Gasteiger partial charge in [-0.25, -0.2) is 4.79 Å². The fourth-order valence-corrected chi connectivity index (χ4v) is 3.04. The minimum Gasteiger partial charge on any atom is -0.478 e. The predicted molar refractivity (Wildman–Crippen MR) is 127 cm³/mol. The van der Waals surface area contributed by atoms with E-state index in [0.29, 0.717) is 5.56 Å². The molecule has 0 unspecified atom stereocenters. The van der Waals surface area contributed by atoms with E-state index >= 15 is 0 Å². The number of allylic oxidation sites excluding steroid dienone is 3. The third-order valence-corrected chi connectivity index (χ3v) is 4.77. The Hall–Kier alpha value is -3.85. The largest absolute Gasteiger partial charge is 0.478 e. The molecule has 0 saturated heterocycles. The molecular formula is C27H25NO2. The van der Waals surface area contributed by atoms with Gasteiger partial charge in [-0.1, -0.05) is 85.5 Å². The van der Waals surface area contributed by atoms with Crippen molar-refractivity contribution in [1.82, 2.24) is 0 Å². The van der Waals surface area contributed by atoms with Gasteiger partial charge < -0.3 is 10.0 Å². The first-order valence-corrected chi connectivity index (χ1v) is 9.69. The van der Waals surface area contributed by atoms with Crippen LogP contribution in [-0.4, -0.2) is 25.2 Å². The summed E-state index contributed by atoms with van der Waals surface area (Å²) >= 11 is 0. The van der Waals surface area contributed by atoms with E-state index in [9.17, 15) is 9.90 Å². The van der Waals surface area contributed by atoms with Gasteiger partial charge in [0.15, 0.2) is 0 Å². The number of anilines is 1. The monoisotopic (exact) mass is 395 g/mol. The normalized spacial score (nSPS) is 11.5. The summed E-state index contributed by atoms with van der Waals surface area (Å²) in [6.45, 7) is 3.91. The van der Waals surface area contributed by atoms with Crippen molar-refractivity contribution >= 4 is 36.0 Å². The molecule has 0 spiro atoms. The lowest BCUT2D eigenvalue weighted by atomic mass is 9.98. The third kappa shape index (κ3) is 5.36. The highest BCUT2D eigenvalue weighted by Gasteiger charge is 2.10. The number of rotatable bonds is 6. The van der Waals surface area contributed by atoms with Crippen molar-refractivity contribution in [2.75, 3.05) is 19.0 Å². The molecule has 0 saturated carbocycles. The highest BCUT2D eigenvalue weighted by Crippen LogP contribution is 2.23. The van der Waals surface area contributed by atoms with Gasteiger partial charge in [-0.3, -0.25) is 0 Å². The number of carboxylic acid groups (broad SMARTS) is 1. The van der Waals surface area contributed by atoms with Gasteiger partial charge in [0.05, 0.1) is 5.56 Å². The molecule has 0 aliphatic rings. The standard InChI is InChI=1S/C27H25NO2/c1-20-8-10-21(11-9-20)12-16-23(25-6-4-5-7-26(25)27(29)30)17-13-22-14-18-24(19-15-22)28(2)3/h4-19H,1H2,2-3H3,(H,29,30)/b17-13+,23-16-. The first-order valence-electron chi connectivity index (χ1n) is 9.69. The zero-order valence-corrected chi connectivity index (χ0v) is 17.2. The van der Waals surface area contributed by atoms with E-state index in [0.717, 1.165) is 27.3 Å². The number of nitrogens with zero attached hydrogens (tertiary/aromatic N) is 1. The van der Waals surface area contributed by atoms with Crippen LogP contribution in [0.1, 0.15) is 21.5 Å². The SMILES string of the molecule is C=c1ccc(=C/C=C(/C=C/c2ccc(N(C)C)cc2)c2ccccc2C(=O)O)cc1. The second kappa shape index (κ2) is 9.57. The van der Waals surface area contributed by atoms with Crippen LogP contribution in [0.15, 0.2) is 84.9 Å². The predicted octanol–water partition coefficient (Wildman–Crippen LogP) is 4.44. The topological polar surface area (TPSA) is 40.5 Å². The van der Waals surface area contributed by atoms with E-state index in [-0.39, 0.29) is 5.56 Å². The van der Waals surface area contributed by atoms with Crippen LogP contribution in [0.5, 0.6) is 0 Å². The molecule has 150 valence electrons. The van der Waals surface area contributed by atoms with Crippen LogP contribution in [0.25, 0.3) is 24.3 Å². The van der Waals surface area contributed by atoms with Crippen LogP contribution >= 0.6 is 0 Å². The Labute approximate surface area is 177 Å². The maximum Gasteiger partial charge on any atom is 0.336 e. The summed E-state index contributed by atoms with van der Waals surface area (Å²) in [5.74, 6) is -0.943. The van der Waals surface area contributed by atoms with Gasteiger partial charge in [-0.15, -0.1) is 0 Å². The van der Waals surface area contributed by atoms with Crippen molar-refractivity contribution in [2.45, 2.75) is 0 Å². The van der Waals surface area contributed by atoms with Gasteiger partial charge in [-0.05, 0) is 45.3 Å². The molecule has 0 atom stereocenters. The maximum absolute atomic E-state index is 11.7. The Morgan fingerprint density at radius 2 is 1.53 bits per heavy atom. The molecule has 3 aromatic rings. The molecule has 0 fully saturated rings. The number of hydrogen-bond acceptors (Lipinski definition) is 2. The van der Waals surface area contributed by atoms with Gasteiger partial charge >= 0.3 is 5.97 Å². The number of aromatic carboxylic acids is 1. The first kappa shape index (κ1) is 20.9. The van der Waals surface area contributed by atoms with Crippen molar-refractivity contribution in [1.29, 1.82) is 0 Å². The summed E-state index contributed by atoms with van der Waals surface area (Å²) < 4.78 is 0. The third-order valence-electron chi connectivity index (χ3n) is 4.77. The molecule has 0 aliphatic heterocycles. The van der Waals surface area contributed by atoms with Crippen LogP contribution in [0.2, 0.25) is 0 Å². The van der Waals surface area contributed by atoms with Crippen LogP contribution in [0.4, 0.5) is 5.69 Å². The Morgan fingerprint density at radius 1 is 0.900 bits per heavy atom. The van der Waals surface area contributed by atoms with Crippen molar-refractivity contribution < 1.29 is 9.90 Å². The van der Waals surface area contributed by atoms with Gasteiger partial charge in [0.1, 0.15) is 0 Å². The lowest BCUT2D eigenvalue weighted by Gasteiger charge is -2.12. The van der Waals surface area contributed by atoms with Crippen LogP contribution in [0, 0.1) is 0 Å². The van der Waals surface area contributed by atoms with Crippen molar-refractivity contribution in [3.8, 4) is 0 Å². The van der Waals surface area contributed by atoms with Crippen LogP contribution < -0.4 is 15.3 Å². The molecule has 0 amide bonds. The summed E-state index contributed by atoms with van der Waals surface area (Å²) in [6.07, 6.45) is 7.88. The molecule has 3 rings (SSSR count). The zero-order chi connectivity index (χ0) is 21.5.